The van der Waals surface area contributed by atoms with Crippen LogP contribution in [0.15, 0.2) is 11.4 Å². The summed E-state index contributed by atoms with van der Waals surface area (Å²) in [7, 11) is 0. The van der Waals surface area contributed by atoms with E-state index in [1.807, 2.05) is 11.4 Å². The van der Waals surface area contributed by atoms with Gasteiger partial charge in [-0.2, -0.15) is 0 Å². The first-order valence-electron chi connectivity index (χ1n) is 7.48. The Balaban J connectivity index is 1.74. The van der Waals surface area contributed by atoms with Crippen molar-refractivity contribution in [3.05, 3.63) is 21.9 Å². The second kappa shape index (κ2) is 8.83. The number of rotatable bonds is 5. The van der Waals surface area contributed by atoms with Gasteiger partial charge in [0.2, 0.25) is 0 Å². The first-order chi connectivity index (χ1) is 10.3. The maximum Gasteiger partial charge on any atom is 0.252 e. The highest BCUT2D eigenvalue weighted by Gasteiger charge is 2.11. The van der Waals surface area contributed by atoms with Crippen molar-refractivity contribution in [2.45, 2.75) is 25.7 Å². The number of amides is 1. The van der Waals surface area contributed by atoms with Crippen LogP contribution in [-0.2, 0) is 0 Å². The van der Waals surface area contributed by atoms with Crippen LogP contribution in [-0.4, -0.2) is 48.7 Å². The average molecular weight is 306 g/mol. The van der Waals surface area contributed by atoms with Crippen LogP contribution in [0.3, 0.4) is 0 Å². The molecule has 2 N–H and O–H groups in total. The topological polar surface area (TPSA) is 52.6 Å². The molecule has 5 heteroatoms. The number of piperidine rings is 1. The van der Waals surface area contributed by atoms with Gasteiger partial charge in [-0.1, -0.05) is 18.3 Å². The van der Waals surface area contributed by atoms with Gasteiger partial charge in [0.1, 0.15) is 0 Å². The van der Waals surface area contributed by atoms with E-state index in [2.05, 4.69) is 22.1 Å². The number of thiophene rings is 1. The van der Waals surface area contributed by atoms with E-state index >= 15 is 0 Å². The third-order valence-corrected chi connectivity index (χ3v) is 4.32. The molecule has 1 amide bonds. The molecule has 2 rings (SSSR count). The summed E-state index contributed by atoms with van der Waals surface area (Å²) in [5.41, 5.74) is 0.673. The molecule has 0 aliphatic carbocycles. The molecule has 1 fully saturated rings. The van der Waals surface area contributed by atoms with Crippen LogP contribution in [0.1, 0.15) is 40.9 Å². The average Bonchev–Trinajstić information content (AvgIpc) is 2.97. The molecule has 1 aromatic heterocycles. The molecule has 1 aromatic rings. The van der Waals surface area contributed by atoms with E-state index < -0.39 is 0 Å². The summed E-state index contributed by atoms with van der Waals surface area (Å²) in [6.45, 7) is 4.00. The Morgan fingerprint density at radius 3 is 2.95 bits per heavy atom. The predicted octanol–water partition coefficient (Wildman–Crippen LogP) is 1.70. The van der Waals surface area contributed by atoms with Crippen LogP contribution in [0, 0.1) is 11.8 Å². The minimum absolute atomic E-state index is 0.0292. The number of hydrogen-bond donors (Lipinski definition) is 2. The van der Waals surface area contributed by atoms with Crippen molar-refractivity contribution < 1.29 is 9.90 Å². The Morgan fingerprint density at radius 2 is 2.19 bits per heavy atom. The van der Waals surface area contributed by atoms with Gasteiger partial charge in [-0.05, 0) is 32.0 Å². The number of likely N-dealkylation sites (tertiary alicyclic amines) is 1. The van der Waals surface area contributed by atoms with Gasteiger partial charge in [0.05, 0.1) is 17.0 Å². The van der Waals surface area contributed by atoms with E-state index in [1.54, 1.807) is 0 Å². The SMILES string of the molecule is O=C(NCCN1CCCCC1)c1csc(C#CCCO)c1. The van der Waals surface area contributed by atoms with Gasteiger partial charge in [-0.15, -0.1) is 11.3 Å². The fraction of sp³-hybridized carbons (Fsp3) is 0.562. The molecule has 0 radical (unpaired) electrons. The Hall–Kier alpha value is -1.35. The molecule has 0 aromatic carbocycles. The molecule has 0 bridgehead atoms. The number of carbonyl (C=O) groups excluding carboxylic acids is 1. The molecule has 21 heavy (non-hydrogen) atoms. The van der Waals surface area contributed by atoms with E-state index in [0.29, 0.717) is 18.5 Å². The summed E-state index contributed by atoms with van der Waals surface area (Å²) in [6.07, 6.45) is 4.34. The van der Waals surface area contributed by atoms with E-state index in [-0.39, 0.29) is 12.5 Å². The highest BCUT2D eigenvalue weighted by atomic mass is 32.1. The maximum absolute atomic E-state index is 12.0. The summed E-state index contributed by atoms with van der Waals surface area (Å²) in [6, 6.07) is 1.81. The largest absolute Gasteiger partial charge is 0.395 e. The molecule has 1 saturated heterocycles. The third kappa shape index (κ3) is 5.50. The van der Waals surface area contributed by atoms with Crippen LogP contribution < -0.4 is 5.32 Å². The maximum atomic E-state index is 12.0. The van der Waals surface area contributed by atoms with Gasteiger partial charge < -0.3 is 15.3 Å². The van der Waals surface area contributed by atoms with Gasteiger partial charge in [-0.3, -0.25) is 4.79 Å². The van der Waals surface area contributed by atoms with Crippen LogP contribution in [0.5, 0.6) is 0 Å². The lowest BCUT2D eigenvalue weighted by Crippen LogP contribution is -2.37. The molecular weight excluding hydrogens is 284 g/mol. The summed E-state index contributed by atoms with van der Waals surface area (Å²) in [5, 5.41) is 13.5. The van der Waals surface area contributed by atoms with Crippen molar-refractivity contribution in [3.63, 3.8) is 0 Å². The van der Waals surface area contributed by atoms with Crippen molar-refractivity contribution in [2.75, 3.05) is 32.8 Å². The molecule has 1 aliphatic heterocycles. The van der Waals surface area contributed by atoms with Gasteiger partial charge >= 0.3 is 0 Å². The van der Waals surface area contributed by atoms with E-state index in [4.69, 9.17) is 5.11 Å². The zero-order valence-electron chi connectivity index (χ0n) is 12.2. The van der Waals surface area contributed by atoms with Crippen molar-refractivity contribution in [1.29, 1.82) is 0 Å². The van der Waals surface area contributed by atoms with Crippen molar-refractivity contribution >= 4 is 17.2 Å². The number of nitrogens with one attached hydrogen (secondary N) is 1. The minimum atomic E-state index is -0.0292. The Labute approximate surface area is 130 Å². The van der Waals surface area contributed by atoms with Crippen LogP contribution in [0.2, 0.25) is 0 Å². The normalized spacial score (nSPS) is 15.3. The Kier molecular flexibility index (Phi) is 6.74. The van der Waals surface area contributed by atoms with Crippen molar-refractivity contribution in [2.24, 2.45) is 0 Å². The number of aliphatic hydroxyl groups is 1. The van der Waals surface area contributed by atoms with E-state index in [1.165, 1.54) is 30.6 Å². The Bertz CT molecular complexity index is 510. The molecular formula is C16H22N2O2S. The number of nitrogens with zero attached hydrogens (tertiary/aromatic N) is 1. The van der Waals surface area contributed by atoms with E-state index in [0.717, 1.165) is 24.5 Å². The van der Waals surface area contributed by atoms with Gasteiger partial charge in [0.15, 0.2) is 0 Å². The van der Waals surface area contributed by atoms with Crippen LogP contribution in [0.4, 0.5) is 0 Å². The fourth-order valence-electron chi connectivity index (χ4n) is 2.34. The minimum Gasteiger partial charge on any atom is -0.395 e. The molecule has 0 unspecified atom stereocenters. The second-order valence-electron chi connectivity index (χ2n) is 5.13. The summed E-state index contributed by atoms with van der Waals surface area (Å²) in [5.74, 6) is 5.78. The van der Waals surface area contributed by atoms with Crippen LogP contribution in [0.25, 0.3) is 0 Å². The number of carbonyl (C=O) groups is 1. The summed E-state index contributed by atoms with van der Waals surface area (Å²) in [4.78, 5) is 15.3. The second-order valence-corrected chi connectivity index (χ2v) is 6.04. The van der Waals surface area contributed by atoms with Gasteiger partial charge in [0.25, 0.3) is 5.91 Å². The highest BCUT2D eigenvalue weighted by Crippen LogP contribution is 2.13. The first kappa shape index (κ1) is 16.0. The highest BCUT2D eigenvalue weighted by molar-refractivity contribution is 7.10. The van der Waals surface area contributed by atoms with Gasteiger partial charge in [0, 0.05) is 24.9 Å². The number of hydrogen-bond acceptors (Lipinski definition) is 4. The molecule has 0 saturated carbocycles. The number of aliphatic hydroxyl groups excluding tert-OH is 1. The zero-order chi connectivity index (χ0) is 14.9. The van der Waals surface area contributed by atoms with Crippen molar-refractivity contribution in [1.82, 2.24) is 10.2 Å². The third-order valence-electron chi connectivity index (χ3n) is 3.47. The monoisotopic (exact) mass is 306 g/mol. The lowest BCUT2D eigenvalue weighted by atomic mass is 10.1. The van der Waals surface area contributed by atoms with Crippen LogP contribution >= 0.6 is 11.3 Å². The van der Waals surface area contributed by atoms with E-state index in [9.17, 15) is 4.79 Å². The predicted molar refractivity (Wildman–Crippen MR) is 85.5 cm³/mol. The molecule has 0 atom stereocenters. The smallest absolute Gasteiger partial charge is 0.252 e. The fourth-order valence-corrected chi connectivity index (χ4v) is 3.09. The lowest BCUT2D eigenvalue weighted by molar-refractivity contribution is 0.0947. The standard InChI is InChI=1S/C16H22N2O2S/c19-11-5-2-6-15-12-14(13-21-15)16(20)17-7-10-18-8-3-1-4-9-18/h12-13,19H,1,3-5,7-11H2,(H,17,20). The summed E-state index contributed by atoms with van der Waals surface area (Å²) >= 11 is 1.46. The molecule has 2 heterocycles. The molecule has 4 nitrogen and oxygen atoms in total. The lowest BCUT2D eigenvalue weighted by Gasteiger charge is -2.26. The Morgan fingerprint density at radius 1 is 1.38 bits per heavy atom. The molecule has 1 aliphatic rings. The summed E-state index contributed by atoms with van der Waals surface area (Å²) < 4.78 is 0. The zero-order valence-corrected chi connectivity index (χ0v) is 13.0. The van der Waals surface area contributed by atoms with Gasteiger partial charge in [-0.25, -0.2) is 0 Å². The quantitative estimate of drug-likeness (QED) is 0.814. The molecule has 114 valence electrons. The van der Waals surface area contributed by atoms with Crippen molar-refractivity contribution in [3.8, 4) is 11.8 Å². The molecule has 0 spiro atoms. The first-order valence-corrected chi connectivity index (χ1v) is 8.36.